The summed E-state index contributed by atoms with van der Waals surface area (Å²) in [6.07, 6.45) is 3.40. The van der Waals surface area contributed by atoms with E-state index in [9.17, 15) is 4.79 Å². The van der Waals surface area contributed by atoms with Crippen molar-refractivity contribution in [1.29, 1.82) is 0 Å². The predicted molar refractivity (Wildman–Crippen MR) is 54.2 cm³/mol. The molecule has 4 heteroatoms. The SMILES string of the molecule is O=c1ccc(CC2CCNCC2)n[nH]1. The molecule has 0 saturated carbocycles. The molecule has 1 fully saturated rings. The van der Waals surface area contributed by atoms with Crippen LogP contribution in [0.5, 0.6) is 0 Å². The maximum absolute atomic E-state index is 10.8. The van der Waals surface area contributed by atoms with E-state index in [1.54, 1.807) is 6.07 Å². The van der Waals surface area contributed by atoms with Gasteiger partial charge in [0, 0.05) is 6.07 Å². The number of rotatable bonds is 2. The fourth-order valence-electron chi connectivity index (χ4n) is 1.87. The maximum Gasteiger partial charge on any atom is 0.264 e. The maximum atomic E-state index is 10.8. The normalized spacial score (nSPS) is 18.3. The molecule has 14 heavy (non-hydrogen) atoms. The molecule has 2 rings (SSSR count). The number of H-pyrrole nitrogens is 1. The van der Waals surface area contributed by atoms with Crippen molar-refractivity contribution in [2.24, 2.45) is 5.92 Å². The summed E-state index contributed by atoms with van der Waals surface area (Å²) in [6, 6.07) is 3.37. The molecule has 0 bridgehead atoms. The molecule has 1 aromatic rings. The summed E-state index contributed by atoms with van der Waals surface area (Å²) in [6.45, 7) is 2.21. The fourth-order valence-corrected chi connectivity index (χ4v) is 1.87. The minimum atomic E-state index is -0.126. The van der Waals surface area contributed by atoms with Gasteiger partial charge in [0.2, 0.25) is 0 Å². The van der Waals surface area contributed by atoms with E-state index in [2.05, 4.69) is 15.5 Å². The van der Waals surface area contributed by atoms with Crippen molar-refractivity contribution < 1.29 is 0 Å². The van der Waals surface area contributed by atoms with Crippen molar-refractivity contribution in [1.82, 2.24) is 15.5 Å². The Bertz CT molecular complexity index is 321. The van der Waals surface area contributed by atoms with Crippen LogP contribution in [0.15, 0.2) is 16.9 Å². The zero-order chi connectivity index (χ0) is 9.80. The van der Waals surface area contributed by atoms with Gasteiger partial charge in [-0.15, -0.1) is 0 Å². The highest BCUT2D eigenvalue weighted by Gasteiger charge is 2.13. The third-order valence-corrected chi connectivity index (χ3v) is 2.69. The second kappa shape index (κ2) is 4.37. The average molecular weight is 193 g/mol. The van der Waals surface area contributed by atoms with Gasteiger partial charge >= 0.3 is 0 Å². The smallest absolute Gasteiger partial charge is 0.264 e. The Kier molecular flexibility index (Phi) is 2.93. The lowest BCUT2D eigenvalue weighted by atomic mass is 9.93. The second-order valence-electron chi connectivity index (χ2n) is 3.81. The Balaban J connectivity index is 1.96. The summed E-state index contributed by atoms with van der Waals surface area (Å²) in [7, 11) is 0. The molecule has 0 amide bonds. The van der Waals surface area contributed by atoms with E-state index in [0.29, 0.717) is 0 Å². The number of nitrogens with zero attached hydrogens (tertiary/aromatic N) is 1. The highest BCUT2D eigenvalue weighted by atomic mass is 16.1. The molecule has 0 unspecified atom stereocenters. The molecule has 0 radical (unpaired) electrons. The number of aromatic amines is 1. The Morgan fingerprint density at radius 2 is 2.14 bits per heavy atom. The van der Waals surface area contributed by atoms with Crippen LogP contribution in [0.3, 0.4) is 0 Å². The van der Waals surface area contributed by atoms with Gasteiger partial charge in [-0.1, -0.05) is 0 Å². The van der Waals surface area contributed by atoms with Crippen molar-refractivity contribution in [3.8, 4) is 0 Å². The number of hydrogen-bond acceptors (Lipinski definition) is 3. The first-order valence-corrected chi connectivity index (χ1v) is 5.10. The molecule has 2 heterocycles. The van der Waals surface area contributed by atoms with Crippen molar-refractivity contribution >= 4 is 0 Å². The van der Waals surface area contributed by atoms with Crippen LogP contribution in [0.1, 0.15) is 18.5 Å². The standard InChI is InChI=1S/C10H15N3O/c14-10-2-1-9(12-13-10)7-8-3-5-11-6-4-8/h1-2,8,11H,3-7H2,(H,13,14). The van der Waals surface area contributed by atoms with Crippen molar-refractivity contribution in [3.05, 3.63) is 28.2 Å². The van der Waals surface area contributed by atoms with Crippen LogP contribution in [-0.2, 0) is 6.42 Å². The molecular formula is C10H15N3O. The van der Waals surface area contributed by atoms with Gasteiger partial charge in [0.25, 0.3) is 5.56 Å². The van der Waals surface area contributed by atoms with Gasteiger partial charge in [-0.05, 0) is 44.3 Å². The monoisotopic (exact) mass is 193 g/mol. The van der Waals surface area contributed by atoms with Gasteiger partial charge in [0.1, 0.15) is 0 Å². The molecule has 0 spiro atoms. The zero-order valence-electron chi connectivity index (χ0n) is 8.12. The van der Waals surface area contributed by atoms with E-state index < -0.39 is 0 Å². The van der Waals surface area contributed by atoms with Crippen molar-refractivity contribution in [2.45, 2.75) is 19.3 Å². The van der Waals surface area contributed by atoms with Gasteiger partial charge in [-0.2, -0.15) is 5.10 Å². The second-order valence-corrected chi connectivity index (χ2v) is 3.81. The van der Waals surface area contributed by atoms with Gasteiger partial charge in [-0.25, -0.2) is 5.10 Å². The molecule has 0 aromatic carbocycles. The van der Waals surface area contributed by atoms with E-state index in [4.69, 9.17) is 0 Å². The lowest BCUT2D eigenvalue weighted by Crippen LogP contribution is -2.29. The van der Waals surface area contributed by atoms with Gasteiger partial charge in [0.05, 0.1) is 5.69 Å². The molecule has 1 saturated heterocycles. The summed E-state index contributed by atoms with van der Waals surface area (Å²) in [5.74, 6) is 0.717. The lowest BCUT2D eigenvalue weighted by molar-refractivity contribution is 0.369. The highest BCUT2D eigenvalue weighted by Crippen LogP contribution is 2.15. The van der Waals surface area contributed by atoms with E-state index in [1.807, 2.05) is 6.07 Å². The number of piperidine rings is 1. The van der Waals surface area contributed by atoms with Crippen LogP contribution in [0.25, 0.3) is 0 Å². The van der Waals surface area contributed by atoms with Crippen LogP contribution in [0.4, 0.5) is 0 Å². The van der Waals surface area contributed by atoms with E-state index in [1.165, 1.54) is 12.8 Å². The summed E-state index contributed by atoms with van der Waals surface area (Å²) >= 11 is 0. The average Bonchev–Trinajstić information content (AvgIpc) is 2.23. The minimum absolute atomic E-state index is 0.126. The Morgan fingerprint density at radius 3 is 2.79 bits per heavy atom. The molecule has 2 N–H and O–H groups in total. The Hall–Kier alpha value is -1.16. The summed E-state index contributed by atoms with van der Waals surface area (Å²) in [4.78, 5) is 10.8. The third-order valence-electron chi connectivity index (χ3n) is 2.69. The Labute approximate surface area is 82.7 Å². The summed E-state index contributed by atoms with van der Waals surface area (Å²) < 4.78 is 0. The Morgan fingerprint density at radius 1 is 1.36 bits per heavy atom. The predicted octanol–water partition coefficient (Wildman–Crippen LogP) is 0.312. The van der Waals surface area contributed by atoms with Crippen LogP contribution >= 0.6 is 0 Å². The van der Waals surface area contributed by atoms with E-state index in [-0.39, 0.29) is 5.56 Å². The molecule has 1 aliphatic rings. The van der Waals surface area contributed by atoms with Crippen LogP contribution < -0.4 is 10.9 Å². The summed E-state index contributed by atoms with van der Waals surface area (Å²) in [5.41, 5.74) is 0.871. The topological polar surface area (TPSA) is 57.8 Å². The lowest BCUT2D eigenvalue weighted by Gasteiger charge is -2.21. The van der Waals surface area contributed by atoms with Gasteiger partial charge in [0.15, 0.2) is 0 Å². The van der Waals surface area contributed by atoms with Crippen molar-refractivity contribution in [2.75, 3.05) is 13.1 Å². The van der Waals surface area contributed by atoms with Crippen molar-refractivity contribution in [3.63, 3.8) is 0 Å². The molecule has 0 aliphatic carbocycles. The highest BCUT2D eigenvalue weighted by molar-refractivity contribution is 5.00. The zero-order valence-corrected chi connectivity index (χ0v) is 8.12. The van der Waals surface area contributed by atoms with Crippen LogP contribution in [-0.4, -0.2) is 23.3 Å². The molecular weight excluding hydrogens is 178 g/mol. The van der Waals surface area contributed by atoms with E-state index >= 15 is 0 Å². The first-order chi connectivity index (χ1) is 6.84. The molecule has 0 atom stereocenters. The molecule has 76 valence electrons. The quantitative estimate of drug-likeness (QED) is 0.710. The fraction of sp³-hybridized carbons (Fsp3) is 0.600. The number of nitrogens with one attached hydrogen (secondary N) is 2. The molecule has 1 aromatic heterocycles. The first kappa shape index (κ1) is 9.40. The first-order valence-electron chi connectivity index (χ1n) is 5.10. The minimum Gasteiger partial charge on any atom is -0.317 e. The number of hydrogen-bond donors (Lipinski definition) is 2. The molecule has 1 aliphatic heterocycles. The van der Waals surface area contributed by atoms with E-state index in [0.717, 1.165) is 31.1 Å². The van der Waals surface area contributed by atoms with Crippen LogP contribution in [0, 0.1) is 5.92 Å². The third kappa shape index (κ3) is 2.42. The van der Waals surface area contributed by atoms with Crippen LogP contribution in [0.2, 0.25) is 0 Å². The molecule has 4 nitrogen and oxygen atoms in total. The van der Waals surface area contributed by atoms with Gasteiger partial charge in [-0.3, -0.25) is 4.79 Å². The summed E-state index contributed by atoms with van der Waals surface area (Å²) in [5, 5.41) is 9.81. The largest absolute Gasteiger partial charge is 0.317 e. The van der Waals surface area contributed by atoms with Gasteiger partial charge < -0.3 is 5.32 Å². The number of aromatic nitrogens is 2.